The van der Waals surface area contributed by atoms with Crippen LogP contribution in [0.4, 0.5) is 4.79 Å². The molecule has 2 heterocycles. The van der Waals surface area contributed by atoms with E-state index >= 15 is 0 Å². The van der Waals surface area contributed by atoms with Crippen molar-refractivity contribution >= 4 is 17.4 Å². The van der Waals surface area contributed by atoms with Crippen molar-refractivity contribution in [2.75, 3.05) is 6.61 Å². The first-order valence-corrected chi connectivity index (χ1v) is 12.1. The summed E-state index contributed by atoms with van der Waals surface area (Å²) in [6, 6.07) is 24.9. The summed E-state index contributed by atoms with van der Waals surface area (Å²) in [6.07, 6.45) is 4.77. The zero-order valence-corrected chi connectivity index (χ0v) is 19.2. The van der Waals surface area contributed by atoms with Crippen LogP contribution >= 0.6 is 0 Å². The molecule has 1 aliphatic carbocycles. The smallest absolute Gasteiger partial charge is 0.410 e. The molecule has 4 nitrogen and oxygen atoms in total. The summed E-state index contributed by atoms with van der Waals surface area (Å²) in [6.45, 7) is 1.94. The van der Waals surface area contributed by atoms with Gasteiger partial charge in [0.2, 0.25) is 0 Å². The van der Waals surface area contributed by atoms with Crippen LogP contribution in [0.25, 0.3) is 16.7 Å². The average Bonchev–Trinajstić information content (AvgIpc) is 3.33. The fourth-order valence-corrected chi connectivity index (χ4v) is 5.92. The van der Waals surface area contributed by atoms with Crippen LogP contribution in [0.15, 0.2) is 78.9 Å². The first-order valence-electron chi connectivity index (χ1n) is 12.1. The molecule has 0 saturated carbocycles. The predicted octanol–water partition coefficient (Wildman–Crippen LogP) is 6.46. The lowest BCUT2D eigenvalue weighted by Crippen LogP contribution is -2.43. The van der Waals surface area contributed by atoms with Gasteiger partial charge in [0.1, 0.15) is 6.61 Å². The number of amides is 1. The number of Topliss-reactive ketones (excluding diaryl/α,β-unsaturated/α-hetero) is 1. The summed E-state index contributed by atoms with van der Waals surface area (Å²) < 4.78 is 5.96. The SMILES string of the molecule is CC(=O)c1ccc(C2=CC3CCC(C2)N3C(=O)OCC2c3ccccc3-c3ccccc32)cc1. The van der Waals surface area contributed by atoms with Gasteiger partial charge in [-0.3, -0.25) is 9.69 Å². The highest BCUT2D eigenvalue weighted by atomic mass is 16.6. The maximum absolute atomic E-state index is 13.2. The maximum atomic E-state index is 13.2. The van der Waals surface area contributed by atoms with Gasteiger partial charge in [0.05, 0.1) is 6.04 Å². The summed E-state index contributed by atoms with van der Waals surface area (Å²) in [7, 11) is 0. The molecule has 4 heteroatoms. The van der Waals surface area contributed by atoms with Crippen LogP contribution in [0.5, 0.6) is 0 Å². The van der Waals surface area contributed by atoms with E-state index < -0.39 is 0 Å². The number of benzene rings is 3. The molecule has 1 saturated heterocycles. The number of fused-ring (bicyclic) bond motifs is 5. The molecule has 2 bridgehead atoms. The summed E-state index contributed by atoms with van der Waals surface area (Å²) >= 11 is 0. The van der Waals surface area contributed by atoms with E-state index in [-0.39, 0.29) is 29.9 Å². The highest BCUT2D eigenvalue weighted by Gasteiger charge is 2.41. The standard InChI is InChI=1S/C30H27NO3/c1-19(32)20-10-12-21(13-11-20)22-16-23-14-15-24(17-22)31(23)30(33)34-18-29-27-8-4-2-6-25(27)26-7-3-5-9-28(26)29/h2-13,16,23-24,29H,14-15,17-18H2,1H3. The molecular weight excluding hydrogens is 422 g/mol. The van der Waals surface area contributed by atoms with Crippen LogP contribution in [-0.2, 0) is 4.74 Å². The van der Waals surface area contributed by atoms with Crippen molar-refractivity contribution in [2.24, 2.45) is 0 Å². The van der Waals surface area contributed by atoms with Crippen molar-refractivity contribution in [1.82, 2.24) is 4.90 Å². The third-order valence-electron chi connectivity index (χ3n) is 7.60. The Kier molecular flexibility index (Phi) is 5.09. The van der Waals surface area contributed by atoms with Gasteiger partial charge < -0.3 is 4.74 Å². The van der Waals surface area contributed by atoms with Crippen molar-refractivity contribution in [3.05, 3.63) is 101 Å². The second-order valence-corrected chi connectivity index (χ2v) is 9.54. The van der Waals surface area contributed by atoms with Crippen molar-refractivity contribution in [1.29, 1.82) is 0 Å². The number of carbonyl (C=O) groups is 2. The van der Waals surface area contributed by atoms with Crippen LogP contribution in [0.2, 0.25) is 0 Å². The molecule has 0 radical (unpaired) electrons. The Morgan fingerprint density at radius 1 is 0.882 bits per heavy atom. The van der Waals surface area contributed by atoms with Crippen molar-refractivity contribution < 1.29 is 14.3 Å². The molecule has 2 atom stereocenters. The molecule has 2 unspecified atom stereocenters. The van der Waals surface area contributed by atoms with E-state index in [1.165, 1.54) is 27.8 Å². The number of nitrogens with zero attached hydrogens (tertiary/aromatic N) is 1. The molecule has 6 rings (SSSR count). The van der Waals surface area contributed by atoms with E-state index in [1.807, 2.05) is 29.2 Å². The minimum absolute atomic E-state index is 0.0666. The Bertz CT molecular complexity index is 1260. The highest BCUT2D eigenvalue weighted by Crippen LogP contribution is 2.45. The van der Waals surface area contributed by atoms with Gasteiger partial charge >= 0.3 is 6.09 Å². The van der Waals surface area contributed by atoms with Gasteiger partial charge in [-0.1, -0.05) is 78.9 Å². The van der Waals surface area contributed by atoms with Gasteiger partial charge in [-0.05, 0) is 59.6 Å². The number of ketones is 1. The topological polar surface area (TPSA) is 46.6 Å². The van der Waals surface area contributed by atoms with Gasteiger partial charge in [-0.15, -0.1) is 0 Å². The Balaban J connectivity index is 1.18. The Morgan fingerprint density at radius 3 is 2.15 bits per heavy atom. The average molecular weight is 450 g/mol. The Morgan fingerprint density at radius 2 is 1.53 bits per heavy atom. The molecular formula is C30H27NO3. The van der Waals surface area contributed by atoms with Crippen LogP contribution in [-0.4, -0.2) is 35.5 Å². The van der Waals surface area contributed by atoms with Gasteiger partial charge in [0.15, 0.2) is 5.78 Å². The van der Waals surface area contributed by atoms with E-state index in [4.69, 9.17) is 4.74 Å². The zero-order chi connectivity index (χ0) is 23.2. The lowest BCUT2D eigenvalue weighted by molar-refractivity contribution is 0.0866. The predicted molar refractivity (Wildman–Crippen MR) is 133 cm³/mol. The van der Waals surface area contributed by atoms with Gasteiger partial charge in [0.25, 0.3) is 0 Å². The van der Waals surface area contributed by atoms with Crippen molar-refractivity contribution in [3.8, 4) is 11.1 Å². The van der Waals surface area contributed by atoms with E-state index in [1.54, 1.807) is 6.92 Å². The van der Waals surface area contributed by atoms with E-state index in [2.05, 4.69) is 54.6 Å². The molecule has 34 heavy (non-hydrogen) atoms. The normalized spacial score (nSPS) is 20.5. The largest absolute Gasteiger partial charge is 0.448 e. The van der Waals surface area contributed by atoms with E-state index in [0.29, 0.717) is 6.61 Å². The van der Waals surface area contributed by atoms with Crippen LogP contribution in [0.3, 0.4) is 0 Å². The van der Waals surface area contributed by atoms with Crippen LogP contribution < -0.4 is 0 Å². The third kappa shape index (κ3) is 3.45. The van der Waals surface area contributed by atoms with Crippen LogP contribution in [0, 0.1) is 0 Å². The van der Waals surface area contributed by atoms with E-state index in [0.717, 1.165) is 30.4 Å². The maximum Gasteiger partial charge on any atom is 0.410 e. The molecule has 3 aromatic rings. The quantitative estimate of drug-likeness (QED) is 0.430. The van der Waals surface area contributed by atoms with Gasteiger partial charge in [0, 0.05) is 17.5 Å². The van der Waals surface area contributed by atoms with E-state index in [9.17, 15) is 9.59 Å². The molecule has 0 N–H and O–H groups in total. The van der Waals surface area contributed by atoms with Gasteiger partial charge in [-0.2, -0.15) is 0 Å². The van der Waals surface area contributed by atoms with Gasteiger partial charge in [-0.25, -0.2) is 4.79 Å². The fourth-order valence-electron chi connectivity index (χ4n) is 5.92. The van der Waals surface area contributed by atoms with Crippen molar-refractivity contribution in [3.63, 3.8) is 0 Å². The fraction of sp³-hybridized carbons (Fsp3) is 0.267. The van der Waals surface area contributed by atoms with Crippen molar-refractivity contribution in [2.45, 2.75) is 44.2 Å². The highest BCUT2D eigenvalue weighted by molar-refractivity contribution is 5.94. The number of hydrogen-bond acceptors (Lipinski definition) is 3. The third-order valence-corrected chi connectivity index (χ3v) is 7.60. The number of carbonyl (C=O) groups excluding carboxylic acids is 2. The lowest BCUT2D eigenvalue weighted by Gasteiger charge is -2.33. The molecule has 3 aliphatic rings. The molecule has 1 amide bonds. The molecule has 2 aliphatic heterocycles. The molecule has 0 spiro atoms. The first-order chi connectivity index (χ1) is 16.6. The molecule has 170 valence electrons. The monoisotopic (exact) mass is 449 g/mol. The number of ether oxygens (including phenoxy) is 1. The Labute approximate surface area is 199 Å². The number of hydrogen-bond donors (Lipinski definition) is 0. The second-order valence-electron chi connectivity index (χ2n) is 9.54. The Hall–Kier alpha value is -3.66. The molecule has 3 aromatic carbocycles. The minimum Gasteiger partial charge on any atom is -0.448 e. The summed E-state index contributed by atoms with van der Waals surface area (Å²) in [5.41, 5.74) is 8.05. The second kappa shape index (κ2) is 8.28. The summed E-state index contributed by atoms with van der Waals surface area (Å²) in [4.78, 5) is 26.8. The number of rotatable bonds is 4. The summed E-state index contributed by atoms with van der Waals surface area (Å²) in [5, 5.41) is 0. The van der Waals surface area contributed by atoms with Crippen LogP contribution in [0.1, 0.15) is 59.2 Å². The molecule has 0 aromatic heterocycles. The molecule has 1 fully saturated rings. The minimum atomic E-state index is -0.211. The lowest BCUT2D eigenvalue weighted by atomic mass is 9.94. The summed E-state index contributed by atoms with van der Waals surface area (Å²) in [5.74, 6) is 0.148. The zero-order valence-electron chi connectivity index (χ0n) is 19.2. The first kappa shape index (κ1) is 20.9.